The maximum Gasteiger partial charge on any atom is 0.308 e. The van der Waals surface area contributed by atoms with Crippen LogP contribution in [-0.2, 0) is 14.3 Å². The molecule has 0 spiro atoms. The van der Waals surface area contributed by atoms with Gasteiger partial charge in [0.05, 0.1) is 19.1 Å². The molecule has 0 saturated heterocycles. The molecule has 0 aromatic heterocycles. The van der Waals surface area contributed by atoms with Crippen LogP contribution in [0.5, 0.6) is 0 Å². The number of esters is 1. The van der Waals surface area contributed by atoms with Gasteiger partial charge in [-0.3, -0.25) is 9.59 Å². The quantitative estimate of drug-likeness (QED) is 0.598. The van der Waals surface area contributed by atoms with Gasteiger partial charge in [-0.15, -0.1) is 0 Å². The minimum absolute atomic E-state index is 0.0817. The van der Waals surface area contributed by atoms with Gasteiger partial charge in [0, 0.05) is 11.1 Å². The van der Waals surface area contributed by atoms with E-state index in [2.05, 4.69) is 5.32 Å². The fraction of sp³-hybridized carbons (Fsp3) is 0.200. The van der Waals surface area contributed by atoms with Gasteiger partial charge in [-0.1, -0.05) is 54.1 Å². The van der Waals surface area contributed by atoms with E-state index in [1.807, 2.05) is 42.5 Å². The lowest BCUT2D eigenvalue weighted by atomic mass is 10.0. The van der Waals surface area contributed by atoms with Crippen LogP contribution in [0.3, 0.4) is 0 Å². The van der Waals surface area contributed by atoms with Crippen molar-refractivity contribution in [2.75, 3.05) is 6.61 Å². The third-order valence-electron chi connectivity index (χ3n) is 3.49. The number of amides is 1. The second kappa shape index (κ2) is 9.64. The van der Waals surface area contributed by atoms with Gasteiger partial charge >= 0.3 is 5.97 Å². The summed E-state index contributed by atoms with van der Waals surface area (Å²) in [5.74, 6) is -0.633. The molecule has 1 atom stereocenters. The molecule has 2 aromatic carbocycles. The molecule has 1 unspecified atom stereocenters. The van der Waals surface area contributed by atoms with Crippen LogP contribution in [0.2, 0.25) is 5.02 Å². The number of carbonyl (C=O) groups is 2. The average Bonchev–Trinajstić information content (AvgIpc) is 2.62. The number of hydrogen-bond acceptors (Lipinski definition) is 3. The van der Waals surface area contributed by atoms with Gasteiger partial charge in [-0.25, -0.2) is 0 Å². The van der Waals surface area contributed by atoms with Gasteiger partial charge in [0.1, 0.15) is 0 Å². The highest BCUT2D eigenvalue weighted by Crippen LogP contribution is 2.17. The number of carbonyl (C=O) groups excluding carboxylic acids is 2. The van der Waals surface area contributed by atoms with E-state index in [0.29, 0.717) is 11.6 Å². The Balaban J connectivity index is 2.05. The van der Waals surface area contributed by atoms with Crippen molar-refractivity contribution in [3.8, 4) is 0 Å². The van der Waals surface area contributed by atoms with E-state index in [1.54, 1.807) is 25.1 Å². The van der Waals surface area contributed by atoms with Gasteiger partial charge in [-0.2, -0.15) is 0 Å². The molecular weight excluding hydrogens is 338 g/mol. The molecule has 0 aliphatic heterocycles. The lowest BCUT2D eigenvalue weighted by Gasteiger charge is -2.17. The van der Waals surface area contributed by atoms with E-state index in [1.165, 1.54) is 6.08 Å². The minimum Gasteiger partial charge on any atom is -0.466 e. The standard InChI is InChI=1S/C20H20ClNO3/c1-2-25-20(24)14-18(16-6-4-3-5-7-16)22-19(23)13-10-15-8-11-17(21)12-9-15/h3-13,18H,2,14H2,1H3,(H,22,23)/b13-10+. The Morgan fingerprint density at radius 3 is 2.44 bits per heavy atom. The van der Waals surface area contributed by atoms with Crippen molar-refractivity contribution in [2.45, 2.75) is 19.4 Å². The van der Waals surface area contributed by atoms with Crippen LogP contribution in [0, 0.1) is 0 Å². The average molecular weight is 358 g/mol. The molecule has 0 fully saturated rings. The Bertz CT molecular complexity index is 726. The number of hydrogen-bond donors (Lipinski definition) is 1. The minimum atomic E-state index is -0.442. The first-order valence-corrected chi connectivity index (χ1v) is 8.41. The summed E-state index contributed by atoms with van der Waals surface area (Å²) in [7, 11) is 0. The van der Waals surface area contributed by atoms with E-state index in [4.69, 9.17) is 16.3 Å². The fourth-order valence-corrected chi connectivity index (χ4v) is 2.42. The largest absolute Gasteiger partial charge is 0.466 e. The summed E-state index contributed by atoms with van der Waals surface area (Å²) >= 11 is 5.84. The van der Waals surface area contributed by atoms with Crippen molar-refractivity contribution in [3.05, 3.63) is 76.8 Å². The fourth-order valence-electron chi connectivity index (χ4n) is 2.29. The summed E-state index contributed by atoms with van der Waals surface area (Å²) in [6.07, 6.45) is 3.21. The van der Waals surface area contributed by atoms with Crippen molar-refractivity contribution < 1.29 is 14.3 Å². The van der Waals surface area contributed by atoms with Crippen LogP contribution < -0.4 is 5.32 Å². The highest BCUT2D eigenvalue weighted by Gasteiger charge is 2.18. The molecule has 4 nitrogen and oxygen atoms in total. The number of nitrogens with one attached hydrogen (secondary N) is 1. The number of halogens is 1. The van der Waals surface area contributed by atoms with Gasteiger partial charge in [0.2, 0.25) is 5.91 Å². The zero-order valence-electron chi connectivity index (χ0n) is 13.9. The summed E-state index contributed by atoms with van der Waals surface area (Å²) in [6, 6.07) is 16.1. The molecule has 0 bridgehead atoms. The molecule has 0 aliphatic rings. The van der Waals surface area contributed by atoms with Gasteiger partial charge < -0.3 is 10.1 Å². The molecular formula is C20H20ClNO3. The Morgan fingerprint density at radius 2 is 1.80 bits per heavy atom. The maximum absolute atomic E-state index is 12.2. The number of ether oxygens (including phenoxy) is 1. The zero-order chi connectivity index (χ0) is 18.1. The molecule has 130 valence electrons. The number of rotatable bonds is 7. The van der Waals surface area contributed by atoms with Crippen molar-refractivity contribution in [2.24, 2.45) is 0 Å². The van der Waals surface area contributed by atoms with Crippen LogP contribution in [0.4, 0.5) is 0 Å². The molecule has 0 saturated carbocycles. The second-order valence-electron chi connectivity index (χ2n) is 5.37. The Hall–Kier alpha value is -2.59. The van der Waals surface area contributed by atoms with Crippen molar-refractivity contribution in [1.29, 1.82) is 0 Å². The monoisotopic (exact) mass is 357 g/mol. The van der Waals surface area contributed by atoms with E-state index in [0.717, 1.165) is 11.1 Å². The van der Waals surface area contributed by atoms with Gasteiger partial charge in [0.15, 0.2) is 0 Å². The van der Waals surface area contributed by atoms with Crippen LogP contribution in [0.1, 0.15) is 30.5 Å². The molecule has 5 heteroatoms. The van der Waals surface area contributed by atoms with E-state index in [-0.39, 0.29) is 18.3 Å². The van der Waals surface area contributed by atoms with Gasteiger partial charge in [-0.05, 0) is 36.3 Å². The predicted molar refractivity (Wildman–Crippen MR) is 99.1 cm³/mol. The molecule has 2 aromatic rings. The third kappa shape index (κ3) is 6.43. The zero-order valence-corrected chi connectivity index (χ0v) is 14.7. The second-order valence-corrected chi connectivity index (χ2v) is 5.80. The lowest BCUT2D eigenvalue weighted by Crippen LogP contribution is -2.29. The predicted octanol–water partition coefficient (Wildman–Crippen LogP) is 4.16. The highest BCUT2D eigenvalue weighted by atomic mass is 35.5. The molecule has 0 radical (unpaired) electrons. The van der Waals surface area contributed by atoms with Gasteiger partial charge in [0.25, 0.3) is 0 Å². The summed E-state index contributed by atoms with van der Waals surface area (Å²) in [5.41, 5.74) is 1.71. The summed E-state index contributed by atoms with van der Waals surface area (Å²) in [6.45, 7) is 2.06. The maximum atomic E-state index is 12.2. The van der Waals surface area contributed by atoms with E-state index < -0.39 is 6.04 Å². The first-order valence-electron chi connectivity index (χ1n) is 8.03. The Kier molecular flexibility index (Phi) is 7.23. The SMILES string of the molecule is CCOC(=O)CC(NC(=O)/C=C/c1ccc(Cl)cc1)c1ccccc1. The topological polar surface area (TPSA) is 55.4 Å². The smallest absolute Gasteiger partial charge is 0.308 e. The van der Waals surface area contributed by atoms with Crippen LogP contribution in [0.25, 0.3) is 6.08 Å². The Morgan fingerprint density at radius 1 is 1.12 bits per heavy atom. The normalized spacial score (nSPS) is 11.9. The Labute approximate surface area is 152 Å². The van der Waals surface area contributed by atoms with E-state index in [9.17, 15) is 9.59 Å². The third-order valence-corrected chi connectivity index (χ3v) is 3.74. The molecule has 0 aliphatic carbocycles. The van der Waals surface area contributed by atoms with E-state index >= 15 is 0 Å². The van der Waals surface area contributed by atoms with Crippen LogP contribution in [0.15, 0.2) is 60.7 Å². The molecule has 2 rings (SSSR count). The summed E-state index contributed by atoms with van der Waals surface area (Å²) < 4.78 is 5.00. The first kappa shape index (κ1) is 18.7. The van der Waals surface area contributed by atoms with Crippen LogP contribution in [-0.4, -0.2) is 18.5 Å². The van der Waals surface area contributed by atoms with Crippen molar-refractivity contribution in [1.82, 2.24) is 5.32 Å². The lowest BCUT2D eigenvalue weighted by molar-refractivity contribution is -0.143. The van der Waals surface area contributed by atoms with Crippen LogP contribution >= 0.6 is 11.6 Å². The molecule has 1 amide bonds. The molecule has 0 heterocycles. The highest BCUT2D eigenvalue weighted by molar-refractivity contribution is 6.30. The first-order chi connectivity index (χ1) is 12.1. The summed E-state index contributed by atoms with van der Waals surface area (Å²) in [4.78, 5) is 24.0. The molecule has 25 heavy (non-hydrogen) atoms. The molecule has 1 N–H and O–H groups in total. The number of benzene rings is 2. The van der Waals surface area contributed by atoms with Crippen molar-refractivity contribution in [3.63, 3.8) is 0 Å². The van der Waals surface area contributed by atoms with Crippen molar-refractivity contribution >= 4 is 29.6 Å². The summed E-state index contributed by atoms with van der Waals surface area (Å²) in [5, 5.41) is 3.49.